The van der Waals surface area contributed by atoms with Crippen LogP contribution >= 0.6 is 0 Å². The van der Waals surface area contributed by atoms with Crippen LogP contribution in [0.2, 0.25) is 0 Å². The summed E-state index contributed by atoms with van der Waals surface area (Å²) < 4.78 is 0. The van der Waals surface area contributed by atoms with Gasteiger partial charge in [0.25, 0.3) is 0 Å². The van der Waals surface area contributed by atoms with E-state index in [1.54, 1.807) is 0 Å². The second kappa shape index (κ2) is 2.30. The number of fused-ring (bicyclic) bond motifs is 1. The van der Waals surface area contributed by atoms with Crippen molar-refractivity contribution in [1.29, 1.82) is 0 Å². The third kappa shape index (κ3) is 0.978. The van der Waals surface area contributed by atoms with Gasteiger partial charge in [0, 0.05) is 5.69 Å². The Kier molecular flexibility index (Phi) is 1.40. The van der Waals surface area contributed by atoms with E-state index in [4.69, 9.17) is 0 Å². The minimum atomic E-state index is 0.832. The van der Waals surface area contributed by atoms with Crippen molar-refractivity contribution in [3.05, 3.63) is 23.3 Å². The molecule has 0 radical (unpaired) electrons. The van der Waals surface area contributed by atoms with E-state index >= 15 is 0 Å². The van der Waals surface area contributed by atoms with Gasteiger partial charge in [-0.25, -0.2) is 9.97 Å². The van der Waals surface area contributed by atoms with Gasteiger partial charge in [0.2, 0.25) is 0 Å². The van der Waals surface area contributed by atoms with E-state index in [9.17, 15) is 0 Å². The van der Waals surface area contributed by atoms with Crippen LogP contribution in [-0.2, 0) is 0 Å². The first kappa shape index (κ1) is 7.28. The number of aryl methyl sites for hydroxylation is 3. The van der Waals surface area contributed by atoms with Crippen LogP contribution in [0.4, 0.5) is 0 Å². The summed E-state index contributed by atoms with van der Waals surface area (Å²) >= 11 is 0. The molecule has 0 aliphatic rings. The van der Waals surface area contributed by atoms with Gasteiger partial charge in [0.15, 0.2) is 0 Å². The third-order valence-electron chi connectivity index (χ3n) is 1.91. The Labute approximate surface area is 70.9 Å². The molecule has 0 atom stereocenters. The molecule has 2 heterocycles. The first-order valence-electron chi connectivity index (χ1n) is 3.97. The van der Waals surface area contributed by atoms with E-state index in [0.29, 0.717) is 0 Å². The molecule has 2 aromatic heterocycles. The third-order valence-corrected chi connectivity index (χ3v) is 1.91. The predicted molar refractivity (Wildman–Crippen MR) is 48.1 cm³/mol. The molecule has 0 aliphatic heterocycles. The van der Waals surface area contributed by atoms with E-state index in [2.05, 4.69) is 15.0 Å². The van der Waals surface area contributed by atoms with Crippen LogP contribution in [0.3, 0.4) is 0 Å². The Morgan fingerprint density at radius 3 is 2.67 bits per heavy atom. The average molecular weight is 161 g/mol. The van der Waals surface area contributed by atoms with Gasteiger partial charge in [-0.2, -0.15) is 0 Å². The lowest BCUT2D eigenvalue weighted by Crippen LogP contribution is -1.91. The van der Waals surface area contributed by atoms with E-state index in [1.807, 2.05) is 26.8 Å². The zero-order valence-corrected chi connectivity index (χ0v) is 7.47. The molecular weight excluding hydrogens is 150 g/mol. The molecular formula is C9H11N3. The zero-order valence-electron chi connectivity index (χ0n) is 7.47. The Bertz CT molecular complexity index is 429. The van der Waals surface area contributed by atoms with Gasteiger partial charge in [-0.15, -0.1) is 0 Å². The van der Waals surface area contributed by atoms with Crippen molar-refractivity contribution in [3.8, 4) is 0 Å². The van der Waals surface area contributed by atoms with Crippen molar-refractivity contribution in [3.63, 3.8) is 0 Å². The smallest absolute Gasteiger partial charge is 0.126 e. The highest BCUT2D eigenvalue weighted by molar-refractivity contribution is 5.77. The number of hydrogen-bond acceptors (Lipinski definition) is 2. The monoisotopic (exact) mass is 161 g/mol. The molecule has 0 amide bonds. The van der Waals surface area contributed by atoms with Gasteiger partial charge in [-0.05, 0) is 26.8 Å². The quantitative estimate of drug-likeness (QED) is 0.641. The van der Waals surface area contributed by atoms with Crippen molar-refractivity contribution >= 4 is 11.0 Å². The largest absolute Gasteiger partial charge is 0.356 e. The number of nitrogens with zero attached hydrogens (tertiary/aromatic N) is 2. The minimum absolute atomic E-state index is 0.832. The fourth-order valence-corrected chi connectivity index (χ4v) is 1.44. The molecule has 2 rings (SSSR count). The van der Waals surface area contributed by atoms with Crippen LogP contribution < -0.4 is 0 Å². The van der Waals surface area contributed by atoms with E-state index in [0.717, 1.165) is 28.2 Å². The molecule has 0 fully saturated rings. The van der Waals surface area contributed by atoms with Crippen molar-refractivity contribution in [2.75, 3.05) is 0 Å². The van der Waals surface area contributed by atoms with Gasteiger partial charge in [-0.1, -0.05) is 0 Å². The first-order valence-corrected chi connectivity index (χ1v) is 3.97. The second-order valence-corrected chi connectivity index (χ2v) is 3.07. The van der Waals surface area contributed by atoms with Crippen LogP contribution in [0.1, 0.15) is 17.2 Å². The summed E-state index contributed by atoms with van der Waals surface area (Å²) in [5.41, 5.74) is 4.22. The number of hydrogen-bond donors (Lipinski definition) is 1. The van der Waals surface area contributed by atoms with Gasteiger partial charge in [0.05, 0.1) is 16.7 Å². The summed E-state index contributed by atoms with van der Waals surface area (Å²) in [5.74, 6) is 0.832. The van der Waals surface area contributed by atoms with Crippen molar-refractivity contribution < 1.29 is 0 Å². The normalized spacial score (nSPS) is 10.9. The van der Waals surface area contributed by atoms with Crippen LogP contribution in [0.5, 0.6) is 0 Å². The average Bonchev–Trinajstić information content (AvgIpc) is 2.29. The number of aromatic nitrogens is 3. The lowest BCUT2D eigenvalue weighted by atomic mass is 10.3. The highest BCUT2D eigenvalue weighted by atomic mass is 14.9. The zero-order chi connectivity index (χ0) is 8.72. The van der Waals surface area contributed by atoms with E-state index < -0.39 is 0 Å². The number of nitrogens with one attached hydrogen (secondary N) is 1. The fourth-order valence-electron chi connectivity index (χ4n) is 1.44. The van der Waals surface area contributed by atoms with Crippen LogP contribution in [-0.4, -0.2) is 15.0 Å². The maximum atomic E-state index is 4.31. The summed E-state index contributed by atoms with van der Waals surface area (Å²) in [6.07, 6.45) is 0. The molecule has 0 aromatic carbocycles. The standard InChI is InChI=1S/C9H11N3/c1-5-4-8-9(10-5)6(2)11-7(3)12-8/h4,10H,1-3H3. The van der Waals surface area contributed by atoms with Crippen LogP contribution in [0.25, 0.3) is 11.0 Å². The molecule has 12 heavy (non-hydrogen) atoms. The minimum Gasteiger partial charge on any atom is -0.356 e. The van der Waals surface area contributed by atoms with Gasteiger partial charge in [-0.3, -0.25) is 0 Å². The summed E-state index contributed by atoms with van der Waals surface area (Å²) in [4.78, 5) is 11.8. The predicted octanol–water partition coefficient (Wildman–Crippen LogP) is 1.88. The summed E-state index contributed by atoms with van der Waals surface area (Å²) in [7, 11) is 0. The van der Waals surface area contributed by atoms with Crippen molar-refractivity contribution in [2.45, 2.75) is 20.8 Å². The maximum absolute atomic E-state index is 4.31. The molecule has 0 unspecified atom stereocenters. The second-order valence-electron chi connectivity index (χ2n) is 3.07. The van der Waals surface area contributed by atoms with Gasteiger partial charge in [0.1, 0.15) is 5.82 Å². The van der Waals surface area contributed by atoms with Crippen molar-refractivity contribution in [1.82, 2.24) is 15.0 Å². The molecule has 62 valence electrons. The lowest BCUT2D eigenvalue weighted by molar-refractivity contribution is 1.05. The molecule has 0 spiro atoms. The number of rotatable bonds is 0. The molecule has 2 aromatic rings. The molecule has 0 aliphatic carbocycles. The van der Waals surface area contributed by atoms with E-state index in [1.165, 1.54) is 0 Å². The molecule has 1 N–H and O–H groups in total. The van der Waals surface area contributed by atoms with Gasteiger partial charge >= 0.3 is 0 Å². The molecule has 3 heteroatoms. The SMILES string of the molecule is Cc1nc(C)c2[nH]c(C)cc2n1. The number of H-pyrrole nitrogens is 1. The highest BCUT2D eigenvalue weighted by Gasteiger charge is 2.03. The lowest BCUT2D eigenvalue weighted by Gasteiger charge is -1.95. The Hall–Kier alpha value is -1.38. The molecule has 0 bridgehead atoms. The number of aromatic amines is 1. The van der Waals surface area contributed by atoms with Crippen LogP contribution in [0.15, 0.2) is 6.07 Å². The summed E-state index contributed by atoms with van der Waals surface area (Å²) in [6.45, 7) is 5.93. The van der Waals surface area contributed by atoms with Gasteiger partial charge < -0.3 is 4.98 Å². The van der Waals surface area contributed by atoms with Crippen LogP contribution in [0, 0.1) is 20.8 Å². The Morgan fingerprint density at radius 2 is 1.92 bits per heavy atom. The molecule has 0 saturated heterocycles. The summed E-state index contributed by atoms with van der Waals surface area (Å²) in [6, 6.07) is 2.04. The topological polar surface area (TPSA) is 41.6 Å². The Balaban J connectivity index is 2.88. The fraction of sp³-hybridized carbons (Fsp3) is 0.333. The maximum Gasteiger partial charge on any atom is 0.126 e. The highest BCUT2D eigenvalue weighted by Crippen LogP contribution is 2.14. The molecule has 3 nitrogen and oxygen atoms in total. The summed E-state index contributed by atoms with van der Waals surface area (Å²) in [5, 5.41) is 0. The van der Waals surface area contributed by atoms with E-state index in [-0.39, 0.29) is 0 Å². The Morgan fingerprint density at radius 1 is 1.17 bits per heavy atom. The van der Waals surface area contributed by atoms with Crippen molar-refractivity contribution in [2.24, 2.45) is 0 Å². The molecule has 0 saturated carbocycles. The first-order chi connectivity index (χ1) is 5.66.